The van der Waals surface area contributed by atoms with Gasteiger partial charge in [0, 0.05) is 20.1 Å². The maximum Gasteiger partial charge on any atom is 0.320 e. The van der Waals surface area contributed by atoms with Crippen molar-refractivity contribution in [3.05, 3.63) is 0 Å². The first-order valence-electron chi connectivity index (χ1n) is 6.55. The second kappa shape index (κ2) is 5.66. The highest BCUT2D eigenvalue weighted by molar-refractivity contribution is 5.88. The molecule has 20 heavy (non-hydrogen) atoms. The van der Waals surface area contributed by atoms with E-state index >= 15 is 0 Å². The second-order valence-electron chi connectivity index (χ2n) is 5.10. The first-order chi connectivity index (χ1) is 9.43. The van der Waals surface area contributed by atoms with Gasteiger partial charge in [0.15, 0.2) is 0 Å². The van der Waals surface area contributed by atoms with Crippen LogP contribution in [0.2, 0.25) is 0 Å². The Labute approximate surface area is 116 Å². The van der Waals surface area contributed by atoms with Crippen molar-refractivity contribution in [3.8, 4) is 0 Å². The van der Waals surface area contributed by atoms with Gasteiger partial charge in [0.1, 0.15) is 12.0 Å². The Balaban J connectivity index is 2.08. The van der Waals surface area contributed by atoms with Crippen molar-refractivity contribution in [2.24, 2.45) is 5.92 Å². The molecule has 0 aromatic carbocycles. The molecule has 3 atom stereocenters. The van der Waals surface area contributed by atoms with Crippen LogP contribution in [0, 0.1) is 5.92 Å². The highest BCUT2D eigenvalue weighted by atomic mass is 16.5. The van der Waals surface area contributed by atoms with E-state index in [1.165, 1.54) is 9.80 Å². The van der Waals surface area contributed by atoms with Crippen LogP contribution in [0.1, 0.15) is 6.92 Å². The standard InChI is InChI=1S/C12H19N3O5/c1-7-10(16)13-3-4-15(7)12(19)14(2)9-6-20-5-8(9)11(17)18/h7-9H,3-6H2,1-2H3,(H,13,16)(H,17,18). The van der Waals surface area contributed by atoms with Gasteiger partial charge >= 0.3 is 12.0 Å². The maximum atomic E-state index is 12.4. The number of piperazine rings is 1. The third-order valence-electron chi connectivity index (χ3n) is 3.91. The molecule has 8 heteroatoms. The first kappa shape index (κ1) is 14.6. The molecule has 2 heterocycles. The van der Waals surface area contributed by atoms with Crippen LogP contribution in [0.25, 0.3) is 0 Å². The second-order valence-corrected chi connectivity index (χ2v) is 5.10. The van der Waals surface area contributed by atoms with Gasteiger partial charge in [-0.3, -0.25) is 9.59 Å². The van der Waals surface area contributed by atoms with Crippen LogP contribution in [0.15, 0.2) is 0 Å². The summed E-state index contributed by atoms with van der Waals surface area (Å²) in [5.41, 5.74) is 0. The number of carbonyl (C=O) groups is 3. The van der Waals surface area contributed by atoms with Crippen molar-refractivity contribution in [2.75, 3.05) is 33.4 Å². The fourth-order valence-electron chi connectivity index (χ4n) is 2.55. The van der Waals surface area contributed by atoms with Crippen LogP contribution in [0.4, 0.5) is 4.79 Å². The number of aliphatic carboxylic acids is 1. The van der Waals surface area contributed by atoms with Crippen LogP contribution in [-0.4, -0.2) is 78.2 Å². The number of likely N-dealkylation sites (N-methyl/N-ethyl adjacent to an activating group) is 1. The van der Waals surface area contributed by atoms with Crippen LogP contribution < -0.4 is 5.32 Å². The SMILES string of the molecule is CC1C(=O)NCCN1C(=O)N(C)C1COCC1C(=O)O. The van der Waals surface area contributed by atoms with Crippen molar-refractivity contribution in [2.45, 2.75) is 19.0 Å². The summed E-state index contributed by atoms with van der Waals surface area (Å²) in [6, 6.07) is -1.39. The summed E-state index contributed by atoms with van der Waals surface area (Å²) in [7, 11) is 1.55. The summed E-state index contributed by atoms with van der Waals surface area (Å²) >= 11 is 0. The molecule has 2 rings (SSSR count). The van der Waals surface area contributed by atoms with E-state index in [0.29, 0.717) is 13.1 Å². The molecule has 0 aliphatic carbocycles. The lowest BCUT2D eigenvalue weighted by atomic mass is 10.0. The van der Waals surface area contributed by atoms with Gasteiger partial charge in [-0.2, -0.15) is 0 Å². The topological polar surface area (TPSA) is 99.2 Å². The fraction of sp³-hybridized carbons (Fsp3) is 0.750. The van der Waals surface area contributed by atoms with E-state index in [-0.39, 0.29) is 25.2 Å². The zero-order chi connectivity index (χ0) is 14.9. The van der Waals surface area contributed by atoms with Crippen LogP contribution in [0.5, 0.6) is 0 Å². The molecule has 0 spiro atoms. The number of hydrogen-bond acceptors (Lipinski definition) is 4. The summed E-state index contributed by atoms with van der Waals surface area (Å²) in [6.07, 6.45) is 0. The molecule has 3 amide bonds. The van der Waals surface area contributed by atoms with Gasteiger partial charge in [-0.05, 0) is 6.92 Å². The minimum absolute atomic E-state index is 0.105. The van der Waals surface area contributed by atoms with Crippen molar-refractivity contribution in [1.82, 2.24) is 15.1 Å². The molecule has 2 saturated heterocycles. The molecule has 0 radical (unpaired) electrons. The number of carboxylic acid groups (broad SMARTS) is 1. The van der Waals surface area contributed by atoms with Gasteiger partial charge in [-0.1, -0.05) is 0 Å². The van der Waals surface area contributed by atoms with Crippen molar-refractivity contribution < 1.29 is 24.2 Å². The van der Waals surface area contributed by atoms with E-state index in [0.717, 1.165) is 0 Å². The van der Waals surface area contributed by atoms with E-state index in [4.69, 9.17) is 9.84 Å². The third kappa shape index (κ3) is 2.55. The summed E-state index contributed by atoms with van der Waals surface area (Å²) in [5.74, 6) is -1.90. The van der Waals surface area contributed by atoms with E-state index < -0.39 is 24.0 Å². The minimum Gasteiger partial charge on any atom is -0.481 e. The Morgan fingerprint density at radius 3 is 2.80 bits per heavy atom. The number of amides is 3. The lowest BCUT2D eigenvalue weighted by Gasteiger charge is -2.37. The molecule has 2 N–H and O–H groups in total. The molecule has 2 aliphatic heterocycles. The van der Waals surface area contributed by atoms with E-state index in [1.54, 1.807) is 14.0 Å². The van der Waals surface area contributed by atoms with E-state index in [9.17, 15) is 14.4 Å². The van der Waals surface area contributed by atoms with Gasteiger partial charge in [0.2, 0.25) is 5.91 Å². The predicted molar refractivity (Wildman–Crippen MR) is 68.1 cm³/mol. The molecule has 2 fully saturated rings. The van der Waals surface area contributed by atoms with Gasteiger partial charge in [0.05, 0.1) is 19.3 Å². The molecule has 112 valence electrons. The van der Waals surface area contributed by atoms with Gasteiger partial charge in [-0.25, -0.2) is 4.79 Å². The Kier molecular flexibility index (Phi) is 4.12. The van der Waals surface area contributed by atoms with Gasteiger partial charge in [0.25, 0.3) is 0 Å². The smallest absolute Gasteiger partial charge is 0.320 e. The van der Waals surface area contributed by atoms with Gasteiger partial charge < -0.3 is 25.0 Å². The summed E-state index contributed by atoms with van der Waals surface area (Å²) < 4.78 is 5.17. The summed E-state index contributed by atoms with van der Waals surface area (Å²) in [5, 5.41) is 11.8. The molecule has 0 saturated carbocycles. The number of carboxylic acids is 1. The predicted octanol–water partition coefficient (Wildman–Crippen LogP) is -1.04. The van der Waals surface area contributed by atoms with Crippen molar-refractivity contribution >= 4 is 17.9 Å². The Morgan fingerprint density at radius 2 is 2.15 bits per heavy atom. The fourth-order valence-corrected chi connectivity index (χ4v) is 2.55. The van der Waals surface area contributed by atoms with Crippen molar-refractivity contribution in [1.29, 1.82) is 0 Å². The number of hydrogen-bond donors (Lipinski definition) is 2. The lowest BCUT2D eigenvalue weighted by molar-refractivity contribution is -0.143. The number of ether oxygens (including phenoxy) is 1. The number of nitrogens with zero attached hydrogens (tertiary/aromatic N) is 2. The third-order valence-corrected chi connectivity index (χ3v) is 3.91. The number of urea groups is 1. The molecule has 0 bridgehead atoms. The average molecular weight is 285 g/mol. The normalized spacial score (nSPS) is 30.0. The highest BCUT2D eigenvalue weighted by Crippen LogP contribution is 2.21. The van der Waals surface area contributed by atoms with E-state index in [1.807, 2.05) is 0 Å². The first-order valence-corrected chi connectivity index (χ1v) is 6.55. The van der Waals surface area contributed by atoms with Crippen LogP contribution >= 0.6 is 0 Å². The molecule has 2 aliphatic rings. The number of carbonyl (C=O) groups excluding carboxylic acids is 2. The minimum atomic E-state index is -0.975. The Morgan fingerprint density at radius 1 is 1.45 bits per heavy atom. The molecular formula is C12H19N3O5. The van der Waals surface area contributed by atoms with E-state index in [2.05, 4.69) is 5.32 Å². The summed E-state index contributed by atoms with van der Waals surface area (Å²) in [4.78, 5) is 38.0. The molecule has 0 aromatic rings. The average Bonchev–Trinajstić information content (AvgIpc) is 2.89. The molecular weight excluding hydrogens is 266 g/mol. The number of nitrogens with one attached hydrogen (secondary N) is 1. The molecule has 0 aromatic heterocycles. The van der Waals surface area contributed by atoms with Crippen LogP contribution in [-0.2, 0) is 14.3 Å². The largest absolute Gasteiger partial charge is 0.481 e. The van der Waals surface area contributed by atoms with Gasteiger partial charge in [-0.15, -0.1) is 0 Å². The number of rotatable bonds is 2. The zero-order valence-corrected chi connectivity index (χ0v) is 11.5. The molecule has 3 unspecified atom stereocenters. The van der Waals surface area contributed by atoms with Crippen LogP contribution in [0.3, 0.4) is 0 Å². The zero-order valence-electron chi connectivity index (χ0n) is 11.5. The highest BCUT2D eigenvalue weighted by Gasteiger charge is 2.41. The monoisotopic (exact) mass is 285 g/mol. The Hall–Kier alpha value is -1.83. The lowest BCUT2D eigenvalue weighted by Crippen LogP contribution is -2.60. The molecule has 8 nitrogen and oxygen atoms in total. The van der Waals surface area contributed by atoms with Crippen molar-refractivity contribution in [3.63, 3.8) is 0 Å². The maximum absolute atomic E-state index is 12.4. The summed E-state index contributed by atoms with van der Waals surface area (Å²) in [6.45, 7) is 2.79. The quantitative estimate of drug-likeness (QED) is 0.675. The Bertz CT molecular complexity index is 427.